The van der Waals surface area contributed by atoms with Gasteiger partial charge in [0.2, 0.25) is 0 Å². The number of fused-ring (bicyclic) bond motifs is 1. The lowest BCUT2D eigenvalue weighted by atomic mass is 10.1. The van der Waals surface area contributed by atoms with Gasteiger partial charge in [0.05, 0.1) is 12.6 Å². The average molecular weight is 231 g/mol. The van der Waals surface area contributed by atoms with Crippen molar-refractivity contribution in [2.75, 3.05) is 7.11 Å². The Kier molecular flexibility index (Phi) is 1.98. The summed E-state index contributed by atoms with van der Waals surface area (Å²) in [6.45, 7) is 1.97. The molecule has 0 atom stereocenters. The van der Waals surface area contributed by atoms with Crippen LogP contribution in [0.2, 0.25) is 0 Å². The number of aromatic nitrogens is 3. The maximum Gasteiger partial charge on any atom is 0.319 e. The molecule has 0 saturated heterocycles. The highest BCUT2D eigenvalue weighted by Gasteiger charge is 2.55. The number of carbonyl (C=O) groups excluding carboxylic acids is 1. The molecule has 0 unspecified atom stereocenters. The third kappa shape index (κ3) is 1.42. The van der Waals surface area contributed by atoms with E-state index in [-0.39, 0.29) is 5.97 Å². The van der Waals surface area contributed by atoms with Crippen molar-refractivity contribution in [2.24, 2.45) is 0 Å². The minimum Gasteiger partial charge on any atom is -0.468 e. The molecule has 2 aromatic heterocycles. The SMILES string of the molecule is COC(=O)C1(c2nc3ncc(C)cc3[nH]2)CC1. The molecule has 5 nitrogen and oxygen atoms in total. The number of esters is 1. The Labute approximate surface area is 98.2 Å². The van der Waals surface area contributed by atoms with Crippen molar-refractivity contribution in [1.29, 1.82) is 0 Å². The number of carbonyl (C=O) groups is 1. The molecule has 0 amide bonds. The summed E-state index contributed by atoms with van der Waals surface area (Å²) >= 11 is 0. The van der Waals surface area contributed by atoms with Crippen LogP contribution in [0, 0.1) is 6.92 Å². The van der Waals surface area contributed by atoms with Crippen molar-refractivity contribution >= 4 is 17.1 Å². The van der Waals surface area contributed by atoms with Crippen molar-refractivity contribution in [2.45, 2.75) is 25.2 Å². The van der Waals surface area contributed by atoms with Crippen LogP contribution in [0.1, 0.15) is 24.2 Å². The van der Waals surface area contributed by atoms with Crippen LogP contribution in [-0.2, 0) is 14.9 Å². The Bertz CT molecular complexity index is 599. The number of aromatic amines is 1. The molecule has 1 fully saturated rings. The summed E-state index contributed by atoms with van der Waals surface area (Å²) in [7, 11) is 1.41. The first-order chi connectivity index (χ1) is 8.15. The van der Waals surface area contributed by atoms with E-state index < -0.39 is 5.41 Å². The number of ether oxygens (including phenoxy) is 1. The lowest BCUT2D eigenvalue weighted by Gasteiger charge is -2.08. The Balaban J connectivity index is 2.10. The first kappa shape index (κ1) is 10.3. The van der Waals surface area contributed by atoms with Crippen LogP contribution in [0.15, 0.2) is 12.3 Å². The topological polar surface area (TPSA) is 67.9 Å². The third-order valence-electron chi connectivity index (χ3n) is 3.25. The fourth-order valence-electron chi connectivity index (χ4n) is 2.09. The Morgan fingerprint density at radius 3 is 2.94 bits per heavy atom. The van der Waals surface area contributed by atoms with Gasteiger partial charge in [-0.25, -0.2) is 9.97 Å². The van der Waals surface area contributed by atoms with Crippen molar-refractivity contribution in [3.8, 4) is 0 Å². The van der Waals surface area contributed by atoms with Crippen LogP contribution >= 0.6 is 0 Å². The van der Waals surface area contributed by atoms with E-state index in [4.69, 9.17) is 4.74 Å². The second-order valence-electron chi connectivity index (χ2n) is 4.54. The maximum absolute atomic E-state index is 11.7. The highest BCUT2D eigenvalue weighted by Crippen LogP contribution is 2.48. The van der Waals surface area contributed by atoms with Gasteiger partial charge in [0.1, 0.15) is 11.2 Å². The smallest absolute Gasteiger partial charge is 0.319 e. The van der Waals surface area contributed by atoms with E-state index >= 15 is 0 Å². The number of nitrogens with zero attached hydrogens (tertiary/aromatic N) is 2. The van der Waals surface area contributed by atoms with Crippen molar-refractivity contribution < 1.29 is 9.53 Å². The fourth-order valence-corrected chi connectivity index (χ4v) is 2.09. The molecule has 2 heterocycles. The summed E-state index contributed by atoms with van der Waals surface area (Å²) in [6.07, 6.45) is 3.35. The van der Waals surface area contributed by atoms with Gasteiger partial charge in [-0.2, -0.15) is 0 Å². The lowest BCUT2D eigenvalue weighted by Crippen LogP contribution is -2.23. The van der Waals surface area contributed by atoms with Crippen LogP contribution in [0.4, 0.5) is 0 Å². The molecular formula is C12H13N3O2. The number of hydrogen-bond acceptors (Lipinski definition) is 4. The van der Waals surface area contributed by atoms with E-state index in [0.717, 1.165) is 23.9 Å². The summed E-state index contributed by atoms with van der Waals surface area (Å²) in [4.78, 5) is 23.5. The zero-order valence-electron chi connectivity index (χ0n) is 9.78. The van der Waals surface area contributed by atoms with Gasteiger partial charge in [-0.05, 0) is 31.4 Å². The highest BCUT2D eigenvalue weighted by molar-refractivity contribution is 5.86. The van der Waals surface area contributed by atoms with E-state index in [0.29, 0.717) is 11.5 Å². The Hall–Kier alpha value is -1.91. The standard InChI is InChI=1S/C12H13N3O2/c1-7-5-8-9(13-6-7)15-10(14-8)12(3-4-12)11(16)17-2/h5-6H,3-4H2,1-2H3,(H,13,14,15). The average Bonchev–Trinajstić information content (AvgIpc) is 3.03. The number of pyridine rings is 1. The second-order valence-corrected chi connectivity index (χ2v) is 4.54. The van der Waals surface area contributed by atoms with Gasteiger partial charge < -0.3 is 9.72 Å². The van der Waals surface area contributed by atoms with E-state index in [1.165, 1.54) is 7.11 Å². The number of methoxy groups -OCH3 is 1. The van der Waals surface area contributed by atoms with E-state index in [1.807, 2.05) is 13.0 Å². The van der Waals surface area contributed by atoms with Gasteiger partial charge in [-0.15, -0.1) is 0 Å². The lowest BCUT2D eigenvalue weighted by molar-refractivity contribution is -0.143. The van der Waals surface area contributed by atoms with E-state index in [9.17, 15) is 4.79 Å². The molecule has 0 radical (unpaired) electrons. The molecule has 2 aromatic rings. The van der Waals surface area contributed by atoms with Crippen LogP contribution in [-0.4, -0.2) is 28.0 Å². The summed E-state index contributed by atoms with van der Waals surface area (Å²) in [6, 6.07) is 1.98. The largest absolute Gasteiger partial charge is 0.468 e. The van der Waals surface area contributed by atoms with Gasteiger partial charge >= 0.3 is 5.97 Å². The maximum atomic E-state index is 11.7. The second kappa shape index (κ2) is 3.29. The number of rotatable bonds is 2. The normalized spacial score (nSPS) is 17.1. The molecule has 17 heavy (non-hydrogen) atoms. The first-order valence-electron chi connectivity index (χ1n) is 5.57. The molecule has 1 aliphatic rings. The first-order valence-corrected chi connectivity index (χ1v) is 5.57. The van der Waals surface area contributed by atoms with Crippen LogP contribution in [0.3, 0.4) is 0 Å². The number of H-pyrrole nitrogens is 1. The molecular weight excluding hydrogens is 218 g/mol. The molecule has 5 heteroatoms. The predicted molar refractivity (Wildman–Crippen MR) is 61.6 cm³/mol. The van der Waals surface area contributed by atoms with Gasteiger partial charge in [0.15, 0.2) is 5.65 Å². The van der Waals surface area contributed by atoms with Gasteiger partial charge in [0.25, 0.3) is 0 Å². The number of imidazole rings is 1. The summed E-state index contributed by atoms with van der Waals surface area (Å²) in [5.41, 5.74) is 2.04. The molecule has 1 saturated carbocycles. The zero-order chi connectivity index (χ0) is 12.0. The Morgan fingerprint density at radius 2 is 2.29 bits per heavy atom. The quantitative estimate of drug-likeness (QED) is 0.795. The molecule has 0 aromatic carbocycles. The molecule has 1 aliphatic carbocycles. The minimum absolute atomic E-state index is 0.215. The molecule has 0 aliphatic heterocycles. The minimum atomic E-state index is -0.552. The molecule has 0 spiro atoms. The summed E-state index contributed by atoms with van der Waals surface area (Å²) in [5.74, 6) is 0.464. The fraction of sp³-hybridized carbons (Fsp3) is 0.417. The highest BCUT2D eigenvalue weighted by atomic mass is 16.5. The van der Waals surface area contributed by atoms with Gasteiger partial charge in [-0.3, -0.25) is 4.79 Å². The van der Waals surface area contributed by atoms with E-state index in [2.05, 4.69) is 15.0 Å². The van der Waals surface area contributed by atoms with Gasteiger partial charge in [0, 0.05) is 6.20 Å². The van der Waals surface area contributed by atoms with Crippen LogP contribution in [0.5, 0.6) is 0 Å². The number of hydrogen-bond donors (Lipinski definition) is 1. The number of nitrogens with one attached hydrogen (secondary N) is 1. The van der Waals surface area contributed by atoms with Crippen LogP contribution in [0.25, 0.3) is 11.2 Å². The zero-order valence-corrected chi connectivity index (χ0v) is 9.78. The van der Waals surface area contributed by atoms with Crippen LogP contribution < -0.4 is 0 Å². The predicted octanol–water partition coefficient (Wildman–Crippen LogP) is 1.47. The molecule has 1 N–H and O–H groups in total. The summed E-state index contributed by atoms with van der Waals surface area (Å²) < 4.78 is 4.83. The Morgan fingerprint density at radius 1 is 1.53 bits per heavy atom. The molecule has 88 valence electrons. The monoisotopic (exact) mass is 231 g/mol. The summed E-state index contributed by atoms with van der Waals surface area (Å²) in [5, 5.41) is 0. The number of aryl methyl sites for hydroxylation is 1. The van der Waals surface area contributed by atoms with Crippen molar-refractivity contribution in [3.63, 3.8) is 0 Å². The van der Waals surface area contributed by atoms with Gasteiger partial charge in [-0.1, -0.05) is 0 Å². The molecule has 0 bridgehead atoms. The van der Waals surface area contributed by atoms with E-state index in [1.54, 1.807) is 6.20 Å². The van der Waals surface area contributed by atoms with Crippen molar-refractivity contribution in [3.05, 3.63) is 23.7 Å². The molecule has 3 rings (SSSR count). The van der Waals surface area contributed by atoms with Crippen molar-refractivity contribution in [1.82, 2.24) is 15.0 Å². The third-order valence-corrected chi connectivity index (χ3v) is 3.25.